The van der Waals surface area contributed by atoms with Crippen molar-refractivity contribution in [3.8, 4) is 10.6 Å². The number of nitrogens with one attached hydrogen (secondary N) is 1. The minimum atomic E-state index is 0.535. The third-order valence-corrected chi connectivity index (χ3v) is 4.53. The molecule has 0 saturated heterocycles. The summed E-state index contributed by atoms with van der Waals surface area (Å²) in [7, 11) is 0. The van der Waals surface area contributed by atoms with Gasteiger partial charge in [0.2, 0.25) is 0 Å². The first kappa shape index (κ1) is 10.8. The van der Waals surface area contributed by atoms with E-state index in [2.05, 4.69) is 15.2 Å². The smallest absolute Gasteiger partial charge is 0.145 e. The van der Waals surface area contributed by atoms with Crippen LogP contribution >= 0.6 is 11.3 Å². The molecule has 1 aliphatic carbocycles. The lowest BCUT2D eigenvalue weighted by molar-refractivity contribution is 0.442. The third kappa shape index (κ3) is 2.20. The van der Waals surface area contributed by atoms with Crippen LogP contribution in [0.1, 0.15) is 43.0 Å². The van der Waals surface area contributed by atoms with Gasteiger partial charge in [0.15, 0.2) is 0 Å². The number of hydrogen-bond donors (Lipinski definition) is 2. The Morgan fingerprint density at radius 1 is 1.29 bits per heavy atom. The summed E-state index contributed by atoms with van der Waals surface area (Å²) in [4.78, 5) is 5.69. The lowest BCUT2D eigenvalue weighted by Gasteiger charge is -2.18. The van der Waals surface area contributed by atoms with E-state index >= 15 is 0 Å². The highest BCUT2D eigenvalue weighted by atomic mass is 32.1. The van der Waals surface area contributed by atoms with E-state index in [0.29, 0.717) is 11.7 Å². The monoisotopic (exact) mass is 248 g/mol. The van der Waals surface area contributed by atoms with E-state index in [1.54, 1.807) is 11.3 Å². The van der Waals surface area contributed by atoms with Crippen LogP contribution in [0.25, 0.3) is 10.6 Å². The molecule has 0 aliphatic heterocycles. The molecule has 2 aromatic heterocycles. The zero-order chi connectivity index (χ0) is 11.7. The van der Waals surface area contributed by atoms with Gasteiger partial charge in [-0.3, -0.25) is 5.10 Å². The highest BCUT2D eigenvalue weighted by Gasteiger charge is 2.19. The summed E-state index contributed by atoms with van der Waals surface area (Å²) in [5, 5.41) is 8.15. The maximum Gasteiger partial charge on any atom is 0.145 e. The first-order chi connectivity index (χ1) is 8.33. The largest absolute Gasteiger partial charge is 0.382 e. The fourth-order valence-corrected chi connectivity index (χ4v) is 3.47. The number of hydrogen-bond acceptors (Lipinski definition) is 4. The van der Waals surface area contributed by atoms with E-state index < -0.39 is 0 Å². The molecule has 0 bridgehead atoms. The second kappa shape index (κ2) is 4.49. The minimum Gasteiger partial charge on any atom is -0.382 e. The summed E-state index contributed by atoms with van der Waals surface area (Å²) in [6.45, 7) is 0. The van der Waals surface area contributed by atoms with Crippen LogP contribution in [0.2, 0.25) is 0 Å². The molecule has 0 spiro atoms. The van der Waals surface area contributed by atoms with Crippen molar-refractivity contribution in [1.29, 1.82) is 0 Å². The van der Waals surface area contributed by atoms with Crippen LogP contribution in [-0.2, 0) is 0 Å². The standard InChI is InChI=1S/C12H16N4S/c13-11-6-9(15-16-11)10-7-14-12(17-10)8-4-2-1-3-5-8/h6-8H,1-5H2,(H3,13,15,16). The average molecular weight is 248 g/mol. The highest BCUT2D eigenvalue weighted by Crippen LogP contribution is 2.37. The first-order valence-electron chi connectivity index (χ1n) is 6.10. The van der Waals surface area contributed by atoms with Gasteiger partial charge in [-0.2, -0.15) is 5.10 Å². The molecule has 0 amide bonds. The number of aromatic nitrogens is 3. The lowest BCUT2D eigenvalue weighted by atomic mass is 9.90. The van der Waals surface area contributed by atoms with Crippen LogP contribution < -0.4 is 5.73 Å². The molecule has 90 valence electrons. The maximum absolute atomic E-state index is 5.61. The van der Waals surface area contributed by atoms with Gasteiger partial charge in [0.1, 0.15) is 5.82 Å². The van der Waals surface area contributed by atoms with Gasteiger partial charge < -0.3 is 5.73 Å². The summed E-state index contributed by atoms with van der Waals surface area (Å²) >= 11 is 1.77. The van der Waals surface area contributed by atoms with Crippen molar-refractivity contribution in [2.75, 3.05) is 5.73 Å². The third-order valence-electron chi connectivity index (χ3n) is 3.34. The number of thiazole rings is 1. The summed E-state index contributed by atoms with van der Waals surface area (Å²) in [5.41, 5.74) is 6.58. The minimum absolute atomic E-state index is 0.535. The van der Waals surface area contributed by atoms with Gasteiger partial charge in [-0.25, -0.2) is 4.98 Å². The molecule has 0 atom stereocenters. The van der Waals surface area contributed by atoms with E-state index in [1.165, 1.54) is 37.1 Å². The Morgan fingerprint density at radius 3 is 2.82 bits per heavy atom. The molecule has 3 N–H and O–H groups in total. The molecular weight excluding hydrogens is 232 g/mol. The van der Waals surface area contributed by atoms with Crippen LogP contribution in [0.3, 0.4) is 0 Å². The first-order valence-corrected chi connectivity index (χ1v) is 6.91. The van der Waals surface area contributed by atoms with Crippen molar-refractivity contribution in [3.63, 3.8) is 0 Å². The van der Waals surface area contributed by atoms with Crippen LogP contribution in [0, 0.1) is 0 Å². The molecule has 0 aromatic carbocycles. The molecular formula is C12H16N4S. The zero-order valence-electron chi connectivity index (χ0n) is 9.65. The van der Waals surface area contributed by atoms with Crippen molar-refractivity contribution in [3.05, 3.63) is 17.3 Å². The highest BCUT2D eigenvalue weighted by molar-refractivity contribution is 7.15. The maximum atomic E-state index is 5.61. The number of anilines is 1. The Kier molecular flexibility index (Phi) is 2.84. The Bertz CT molecular complexity index is 496. The normalized spacial score (nSPS) is 17.4. The number of rotatable bonds is 2. The second-order valence-corrected chi connectivity index (χ2v) is 5.67. The Morgan fingerprint density at radius 2 is 2.12 bits per heavy atom. The molecule has 2 aromatic rings. The molecule has 0 radical (unpaired) electrons. The van der Waals surface area contributed by atoms with Gasteiger partial charge in [-0.05, 0) is 12.8 Å². The van der Waals surface area contributed by atoms with Crippen molar-refractivity contribution in [2.45, 2.75) is 38.0 Å². The predicted octanol–water partition coefficient (Wildman–Crippen LogP) is 3.16. The number of nitrogens with two attached hydrogens (primary N) is 1. The van der Waals surface area contributed by atoms with E-state index in [4.69, 9.17) is 5.73 Å². The quantitative estimate of drug-likeness (QED) is 0.857. The fraction of sp³-hybridized carbons (Fsp3) is 0.500. The number of nitrogens with zero attached hydrogens (tertiary/aromatic N) is 2. The number of aromatic amines is 1. The van der Waals surface area contributed by atoms with E-state index in [9.17, 15) is 0 Å². The molecule has 5 heteroatoms. The number of H-pyrrole nitrogens is 1. The SMILES string of the molecule is Nc1cc(-c2cnc(C3CCCCC3)s2)[nH]n1. The Hall–Kier alpha value is -1.36. The molecule has 0 unspecified atom stereocenters. The summed E-state index contributed by atoms with van der Waals surface area (Å²) < 4.78 is 0. The van der Waals surface area contributed by atoms with Crippen molar-refractivity contribution in [1.82, 2.24) is 15.2 Å². The molecule has 1 aliphatic rings. The average Bonchev–Trinajstić information content (AvgIpc) is 2.98. The van der Waals surface area contributed by atoms with Crippen LogP contribution in [0.5, 0.6) is 0 Å². The van der Waals surface area contributed by atoms with Gasteiger partial charge in [0, 0.05) is 18.2 Å². The molecule has 2 heterocycles. The van der Waals surface area contributed by atoms with Gasteiger partial charge >= 0.3 is 0 Å². The summed E-state index contributed by atoms with van der Waals surface area (Å²) in [6, 6.07) is 1.86. The predicted molar refractivity (Wildman–Crippen MR) is 69.9 cm³/mol. The fourth-order valence-electron chi connectivity index (χ4n) is 2.41. The molecule has 1 saturated carbocycles. The lowest BCUT2D eigenvalue weighted by Crippen LogP contribution is -2.03. The van der Waals surface area contributed by atoms with Crippen molar-refractivity contribution >= 4 is 17.2 Å². The van der Waals surface area contributed by atoms with Crippen LogP contribution in [-0.4, -0.2) is 15.2 Å². The summed E-state index contributed by atoms with van der Waals surface area (Å²) in [6.07, 6.45) is 8.58. The van der Waals surface area contributed by atoms with Gasteiger partial charge in [-0.1, -0.05) is 19.3 Å². The summed E-state index contributed by atoms with van der Waals surface area (Å²) in [5.74, 6) is 1.20. The Labute approximate surface area is 104 Å². The van der Waals surface area contributed by atoms with E-state index in [1.807, 2.05) is 12.3 Å². The Balaban J connectivity index is 1.82. The van der Waals surface area contributed by atoms with E-state index in [-0.39, 0.29) is 0 Å². The van der Waals surface area contributed by atoms with Crippen molar-refractivity contribution in [2.24, 2.45) is 0 Å². The molecule has 4 nitrogen and oxygen atoms in total. The van der Waals surface area contributed by atoms with Gasteiger partial charge in [-0.15, -0.1) is 11.3 Å². The second-order valence-electron chi connectivity index (χ2n) is 4.60. The molecule has 1 fully saturated rings. The van der Waals surface area contributed by atoms with Crippen LogP contribution in [0.15, 0.2) is 12.3 Å². The van der Waals surface area contributed by atoms with Crippen LogP contribution in [0.4, 0.5) is 5.82 Å². The number of nitrogen functional groups attached to an aromatic ring is 1. The van der Waals surface area contributed by atoms with Gasteiger partial charge in [0.05, 0.1) is 15.6 Å². The molecule has 3 rings (SSSR count). The van der Waals surface area contributed by atoms with Crippen molar-refractivity contribution < 1.29 is 0 Å². The topological polar surface area (TPSA) is 67.6 Å². The zero-order valence-corrected chi connectivity index (χ0v) is 10.5. The molecule has 17 heavy (non-hydrogen) atoms. The van der Waals surface area contributed by atoms with E-state index in [0.717, 1.165) is 10.6 Å². The van der Waals surface area contributed by atoms with Gasteiger partial charge in [0.25, 0.3) is 0 Å².